The van der Waals surface area contributed by atoms with E-state index in [0.29, 0.717) is 0 Å². The summed E-state index contributed by atoms with van der Waals surface area (Å²) < 4.78 is 11.1. The second kappa shape index (κ2) is 12.5. The molecule has 1 fully saturated rings. The van der Waals surface area contributed by atoms with Gasteiger partial charge in [0.2, 0.25) is 0 Å². The number of morpholine rings is 1. The molecule has 1 heterocycles. The Bertz CT molecular complexity index is 513. The predicted molar refractivity (Wildman–Crippen MR) is 107 cm³/mol. The molecule has 2 rings (SSSR count). The standard InChI is InChI=1S/C20H34N4O2/c1-3-21-20(23-11-12-24-13-16-25-17-14-24)22-10-4-5-15-26-19-8-6-18(2)7-9-19/h6-9H,3-5,10-17H2,1-2H3,(H2,21,22,23). The zero-order valence-electron chi connectivity index (χ0n) is 16.3. The Morgan fingerprint density at radius 3 is 2.65 bits per heavy atom. The van der Waals surface area contributed by atoms with E-state index in [1.54, 1.807) is 0 Å². The van der Waals surface area contributed by atoms with Crippen molar-refractivity contribution in [3.63, 3.8) is 0 Å². The third kappa shape index (κ3) is 8.54. The summed E-state index contributed by atoms with van der Waals surface area (Å²) in [6.07, 6.45) is 2.02. The second-order valence-electron chi connectivity index (χ2n) is 6.51. The van der Waals surface area contributed by atoms with E-state index >= 15 is 0 Å². The van der Waals surface area contributed by atoms with Gasteiger partial charge in [-0.2, -0.15) is 0 Å². The molecule has 1 aliphatic heterocycles. The van der Waals surface area contributed by atoms with E-state index in [1.807, 2.05) is 12.1 Å². The highest BCUT2D eigenvalue weighted by molar-refractivity contribution is 5.79. The summed E-state index contributed by atoms with van der Waals surface area (Å²) >= 11 is 0. The second-order valence-corrected chi connectivity index (χ2v) is 6.51. The van der Waals surface area contributed by atoms with Crippen LogP contribution < -0.4 is 15.4 Å². The predicted octanol–water partition coefficient (Wildman–Crippen LogP) is 2.04. The van der Waals surface area contributed by atoms with Gasteiger partial charge in [-0.1, -0.05) is 17.7 Å². The van der Waals surface area contributed by atoms with Crippen LogP contribution in [0.3, 0.4) is 0 Å². The molecule has 1 aliphatic rings. The molecule has 6 nitrogen and oxygen atoms in total. The fourth-order valence-corrected chi connectivity index (χ4v) is 2.73. The van der Waals surface area contributed by atoms with Crippen molar-refractivity contribution in [3.05, 3.63) is 29.8 Å². The lowest BCUT2D eigenvalue weighted by Gasteiger charge is -2.26. The van der Waals surface area contributed by atoms with Crippen molar-refractivity contribution in [1.29, 1.82) is 0 Å². The summed E-state index contributed by atoms with van der Waals surface area (Å²) in [4.78, 5) is 7.07. The van der Waals surface area contributed by atoms with Crippen LogP contribution in [-0.4, -0.2) is 69.9 Å². The summed E-state index contributed by atoms with van der Waals surface area (Å²) in [6.45, 7) is 12.3. The number of hydrogen-bond acceptors (Lipinski definition) is 4. The van der Waals surface area contributed by atoms with Gasteiger partial charge in [0, 0.05) is 39.3 Å². The molecular formula is C20H34N4O2. The zero-order valence-corrected chi connectivity index (χ0v) is 16.3. The number of unbranched alkanes of at least 4 members (excludes halogenated alkanes) is 1. The Morgan fingerprint density at radius 2 is 1.92 bits per heavy atom. The van der Waals surface area contributed by atoms with Gasteiger partial charge < -0.3 is 20.1 Å². The van der Waals surface area contributed by atoms with Gasteiger partial charge in [0.15, 0.2) is 5.96 Å². The lowest BCUT2D eigenvalue weighted by molar-refractivity contribution is 0.0389. The largest absolute Gasteiger partial charge is 0.494 e. The van der Waals surface area contributed by atoms with Crippen LogP contribution >= 0.6 is 0 Å². The molecule has 0 unspecified atom stereocenters. The number of benzene rings is 1. The highest BCUT2D eigenvalue weighted by atomic mass is 16.5. The van der Waals surface area contributed by atoms with Crippen molar-refractivity contribution in [2.45, 2.75) is 26.7 Å². The molecule has 0 radical (unpaired) electrons. The number of guanidine groups is 1. The van der Waals surface area contributed by atoms with Crippen molar-refractivity contribution in [1.82, 2.24) is 15.5 Å². The first-order valence-electron chi connectivity index (χ1n) is 9.79. The highest BCUT2D eigenvalue weighted by Gasteiger charge is 2.09. The SMILES string of the molecule is CCNC(=NCCCCOc1ccc(C)cc1)NCCN1CCOCC1. The van der Waals surface area contributed by atoms with Crippen LogP contribution in [0.25, 0.3) is 0 Å². The molecule has 146 valence electrons. The molecule has 0 atom stereocenters. The van der Waals surface area contributed by atoms with Gasteiger partial charge >= 0.3 is 0 Å². The Hall–Kier alpha value is -1.79. The van der Waals surface area contributed by atoms with Gasteiger partial charge in [-0.25, -0.2) is 0 Å². The maximum absolute atomic E-state index is 5.75. The number of nitrogens with one attached hydrogen (secondary N) is 2. The maximum Gasteiger partial charge on any atom is 0.191 e. The lowest BCUT2D eigenvalue weighted by Crippen LogP contribution is -2.44. The van der Waals surface area contributed by atoms with Gasteiger partial charge in [-0.15, -0.1) is 0 Å². The number of rotatable bonds is 10. The average molecular weight is 363 g/mol. The van der Waals surface area contributed by atoms with Crippen LogP contribution in [0.1, 0.15) is 25.3 Å². The van der Waals surface area contributed by atoms with Crippen LogP contribution in [0, 0.1) is 6.92 Å². The van der Waals surface area contributed by atoms with Crippen molar-refractivity contribution in [2.24, 2.45) is 4.99 Å². The van der Waals surface area contributed by atoms with E-state index in [9.17, 15) is 0 Å². The third-order valence-corrected chi connectivity index (χ3v) is 4.28. The van der Waals surface area contributed by atoms with E-state index in [4.69, 9.17) is 9.47 Å². The van der Waals surface area contributed by atoms with Crippen molar-refractivity contribution in [3.8, 4) is 5.75 Å². The van der Waals surface area contributed by atoms with Gasteiger partial charge in [-0.05, 0) is 38.8 Å². The van der Waals surface area contributed by atoms with Crippen LogP contribution in [0.15, 0.2) is 29.3 Å². The minimum atomic E-state index is 0.736. The summed E-state index contributed by atoms with van der Waals surface area (Å²) in [5.74, 6) is 1.84. The molecule has 26 heavy (non-hydrogen) atoms. The summed E-state index contributed by atoms with van der Waals surface area (Å²) in [5.41, 5.74) is 1.25. The monoisotopic (exact) mass is 362 g/mol. The first-order chi connectivity index (χ1) is 12.8. The minimum absolute atomic E-state index is 0.736. The van der Waals surface area contributed by atoms with Crippen LogP contribution in [0.4, 0.5) is 0 Å². The Balaban J connectivity index is 1.57. The summed E-state index contributed by atoms with van der Waals surface area (Å²) in [5, 5.41) is 6.72. The fraction of sp³-hybridized carbons (Fsp3) is 0.650. The number of nitrogens with zero attached hydrogens (tertiary/aromatic N) is 2. The number of aliphatic imine (C=N–C) groups is 1. The molecule has 6 heteroatoms. The molecule has 0 bridgehead atoms. The van der Waals surface area contributed by atoms with Crippen molar-refractivity contribution < 1.29 is 9.47 Å². The molecule has 1 saturated heterocycles. The molecule has 0 aromatic heterocycles. The molecule has 1 aromatic rings. The molecule has 0 amide bonds. The first-order valence-corrected chi connectivity index (χ1v) is 9.79. The van der Waals surface area contributed by atoms with Gasteiger partial charge in [-0.3, -0.25) is 9.89 Å². The molecule has 1 aromatic carbocycles. The summed E-state index contributed by atoms with van der Waals surface area (Å²) in [6, 6.07) is 8.19. The molecule has 2 N–H and O–H groups in total. The van der Waals surface area contributed by atoms with Gasteiger partial charge in [0.25, 0.3) is 0 Å². The van der Waals surface area contributed by atoms with E-state index < -0.39 is 0 Å². The third-order valence-electron chi connectivity index (χ3n) is 4.28. The number of hydrogen-bond donors (Lipinski definition) is 2. The zero-order chi connectivity index (χ0) is 18.5. The Morgan fingerprint density at radius 1 is 1.15 bits per heavy atom. The van der Waals surface area contributed by atoms with Gasteiger partial charge in [0.05, 0.1) is 19.8 Å². The van der Waals surface area contributed by atoms with Crippen LogP contribution in [-0.2, 0) is 4.74 Å². The van der Waals surface area contributed by atoms with E-state index in [-0.39, 0.29) is 0 Å². The number of ether oxygens (including phenoxy) is 2. The topological polar surface area (TPSA) is 58.1 Å². The fourth-order valence-electron chi connectivity index (χ4n) is 2.73. The highest BCUT2D eigenvalue weighted by Crippen LogP contribution is 2.11. The van der Waals surface area contributed by atoms with Gasteiger partial charge in [0.1, 0.15) is 5.75 Å². The lowest BCUT2D eigenvalue weighted by atomic mass is 10.2. The normalized spacial score (nSPS) is 15.7. The molecular weight excluding hydrogens is 328 g/mol. The Kier molecular flexibility index (Phi) is 9.90. The van der Waals surface area contributed by atoms with Crippen LogP contribution in [0.2, 0.25) is 0 Å². The van der Waals surface area contributed by atoms with Crippen LogP contribution in [0.5, 0.6) is 5.75 Å². The quantitative estimate of drug-likeness (QED) is 0.379. The van der Waals surface area contributed by atoms with E-state index in [2.05, 4.69) is 46.5 Å². The summed E-state index contributed by atoms with van der Waals surface area (Å²) in [7, 11) is 0. The van der Waals surface area contributed by atoms with E-state index in [1.165, 1.54) is 5.56 Å². The maximum atomic E-state index is 5.75. The van der Waals surface area contributed by atoms with Crippen molar-refractivity contribution in [2.75, 3.05) is 59.1 Å². The Labute approximate surface area is 158 Å². The first kappa shape index (κ1) is 20.5. The smallest absolute Gasteiger partial charge is 0.191 e. The number of aryl methyl sites for hydroxylation is 1. The molecule has 0 spiro atoms. The average Bonchev–Trinajstić information content (AvgIpc) is 2.67. The van der Waals surface area contributed by atoms with Crippen molar-refractivity contribution >= 4 is 5.96 Å². The van der Waals surface area contributed by atoms with E-state index in [0.717, 1.165) is 83.6 Å². The molecule has 0 saturated carbocycles. The molecule has 0 aliphatic carbocycles. The minimum Gasteiger partial charge on any atom is -0.494 e.